The molecule has 4 nitrogen and oxygen atoms in total. The molecule has 0 radical (unpaired) electrons. The fourth-order valence-electron chi connectivity index (χ4n) is 4.12. The molecule has 4 rings (SSSR count). The number of piperidine rings is 1. The smallest absolute Gasteiger partial charge is 0.157 e. The van der Waals surface area contributed by atoms with Gasteiger partial charge in [-0.15, -0.1) is 12.4 Å². The number of hydrogen-bond acceptors (Lipinski definition) is 3. The molecular weight excluding hydrogens is 379 g/mol. The molecule has 3 aromatic rings. The van der Waals surface area contributed by atoms with Crippen LogP contribution in [0.3, 0.4) is 0 Å². The van der Waals surface area contributed by atoms with Gasteiger partial charge in [-0.3, -0.25) is 0 Å². The third-order valence-corrected chi connectivity index (χ3v) is 5.99. The van der Waals surface area contributed by atoms with E-state index in [-0.39, 0.29) is 12.4 Å². The van der Waals surface area contributed by atoms with Gasteiger partial charge in [-0.25, -0.2) is 9.97 Å². The summed E-state index contributed by atoms with van der Waals surface area (Å²) in [5, 5.41) is 1.64. The molecule has 1 fully saturated rings. The zero-order chi connectivity index (χ0) is 17.9. The van der Waals surface area contributed by atoms with Crippen molar-refractivity contribution in [3.63, 3.8) is 0 Å². The summed E-state index contributed by atoms with van der Waals surface area (Å²) in [7, 11) is 0. The van der Waals surface area contributed by atoms with Crippen molar-refractivity contribution in [3.05, 3.63) is 35.7 Å². The predicted molar refractivity (Wildman–Crippen MR) is 116 cm³/mol. The van der Waals surface area contributed by atoms with Crippen molar-refractivity contribution in [2.75, 3.05) is 19.6 Å². The molecule has 0 bridgehead atoms. The molecule has 0 spiro atoms. The molecule has 0 aliphatic carbocycles. The highest BCUT2D eigenvalue weighted by molar-refractivity contribution is 6.35. The zero-order valence-electron chi connectivity index (χ0n) is 15.9. The van der Waals surface area contributed by atoms with Crippen LogP contribution in [0.5, 0.6) is 0 Å². The van der Waals surface area contributed by atoms with Crippen LogP contribution in [-0.2, 0) is 6.54 Å². The van der Waals surface area contributed by atoms with Gasteiger partial charge in [-0.2, -0.15) is 0 Å². The van der Waals surface area contributed by atoms with Crippen LogP contribution in [-0.4, -0.2) is 39.1 Å². The highest BCUT2D eigenvalue weighted by Crippen LogP contribution is 2.29. The number of halogens is 2. The number of para-hydroxylation sites is 1. The monoisotopic (exact) mass is 406 g/mol. The minimum Gasteiger partial charge on any atom is -0.330 e. The molecule has 0 unspecified atom stereocenters. The first-order chi connectivity index (χ1) is 12.8. The zero-order valence-corrected chi connectivity index (χ0v) is 17.5. The maximum Gasteiger partial charge on any atom is 0.157 e. The van der Waals surface area contributed by atoms with Crippen LogP contribution in [0.25, 0.3) is 21.9 Å². The lowest BCUT2D eigenvalue weighted by Gasteiger charge is -2.32. The number of rotatable bonds is 6. The minimum atomic E-state index is 0. The molecule has 1 aliphatic heterocycles. The van der Waals surface area contributed by atoms with Crippen LogP contribution in [0.1, 0.15) is 39.0 Å². The molecule has 0 atom stereocenters. The number of nitrogens with zero attached hydrogens (tertiary/aromatic N) is 4. The topological polar surface area (TPSA) is 34.0 Å². The molecule has 146 valence electrons. The van der Waals surface area contributed by atoms with Gasteiger partial charge in [-0.05, 0) is 57.3 Å². The number of hydrogen-bond donors (Lipinski definition) is 0. The highest BCUT2D eigenvalue weighted by atomic mass is 35.5. The third kappa shape index (κ3) is 4.39. The number of aromatic nitrogens is 3. The first kappa shape index (κ1) is 20.4. The first-order valence-electron chi connectivity index (χ1n) is 9.87. The van der Waals surface area contributed by atoms with E-state index in [2.05, 4.69) is 38.5 Å². The van der Waals surface area contributed by atoms with Crippen LogP contribution in [0.15, 0.2) is 30.6 Å². The second-order valence-electron chi connectivity index (χ2n) is 7.48. The molecule has 6 heteroatoms. The van der Waals surface area contributed by atoms with E-state index >= 15 is 0 Å². The molecule has 0 amide bonds. The lowest BCUT2D eigenvalue weighted by Crippen LogP contribution is -2.34. The van der Waals surface area contributed by atoms with Crippen molar-refractivity contribution in [3.8, 4) is 0 Å². The van der Waals surface area contributed by atoms with E-state index in [9.17, 15) is 0 Å². The van der Waals surface area contributed by atoms with Gasteiger partial charge in [0.25, 0.3) is 0 Å². The maximum absolute atomic E-state index is 6.36. The van der Waals surface area contributed by atoms with Gasteiger partial charge in [-0.1, -0.05) is 43.1 Å². The number of likely N-dealkylation sites (tertiary alicyclic amines) is 1. The summed E-state index contributed by atoms with van der Waals surface area (Å²) in [6, 6.07) is 8.20. The number of pyridine rings is 1. The average molecular weight is 407 g/mol. The largest absolute Gasteiger partial charge is 0.330 e. The molecule has 1 saturated heterocycles. The van der Waals surface area contributed by atoms with Crippen molar-refractivity contribution < 1.29 is 0 Å². The van der Waals surface area contributed by atoms with Crippen molar-refractivity contribution in [2.45, 2.75) is 45.6 Å². The molecule has 27 heavy (non-hydrogen) atoms. The van der Waals surface area contributed by atoms with E-state index in [0.29, 0.717) is 5.15 Å². The molecule has 1 aromatic carbocycles. The van der Waals surface area contributed by atoms with E-state index < -0.39 is 0 Å². The number of benzene rings is 1. The summed E-state index contributed by atoms with van der Waals surface area (Å²) in [6.45, 7) is 7.06. The predicted octanol–water partition coefficient (Wildman–Crippen LogP) is 5.56. The van der Waals surface area contributed by atoms with Gasteiger partial charge in [0.1, 0.15) is 5.52 Å². The Hall–Kier alpha value is -1.36. The second kappa shape index (κ2) is 9.22. The number of aryl methyl sites for hydroxylation is 1. The molecule has 0 N–H and O–H groups in total. The Kier molecular flexibility index (Phi) is 6.96. The lowest BCUT2D eigenvalue weighted by molar-refractivity contribution is 0.174. The molecule has 1 aliphatic rings. The normalized spacial score (nSPS) is 16.1. The molecular formula is C21H28Cl2N4. The summed E-state index contributed by atoms with van der Waals surface area (Å²) >= 11 is 6.36. The van der Waals surface area contributed by atoms with Gasteiger partial charge in [0.2, 0.25) is 0 Å². The quantitative estimate of drug-likeness (QED) is 0.502. The highest BCUT2D eigenvalue weighted by Gasteiger charge is 2.19. The molecule has 0 saturated carbocycles. The van der Waals surface area contributed by atoms with Crippen LogP contribution >= 0.6 is 24.0 Å². The minimum absolute atomic E-state index is 0. The van der Waals surface area contributed by atoms with Crippen LogP contribution in [0.4, 0.5) is 0 Å². The Labute approximate surface area is 172 Å². The Bertz CT molecular complexity index is 884. The maximum atomic E-state index is 6.36. The van der Waals surface area contributed by atoms with Crippen LogP contribution in [0, 0.1) is 5.92 Å². The van der Waals surface area contributed by atoms with E-state index in [4.69, 9.17) is 11.6 Å². The first-order valence-corrected chi connectivity index (χ1v) is 10.3. The third-order valence-electron chi connectivity index (χ3n) is 5.72. The van der Waals surface area contributed by atoms with Gasteiger partial charge < -0.3 is 9.47 Å². The SMILES string of the molecule is CCCCN1CCC(CCn2cnc3c(Cl)nc4ccccc4c32)CC1.Cl. The Morgan fingerprint density at radius 2 is 1.93 bits per heavy atom. The van der Waals surface area contributed by atoms with E-state index in [1.807, 2.05) is 18.5 Å². The average Bonchev–Trinajstić information content (AvgIpc) is 3.11. The number of unbranched alkanes of at least 4 members (excludes halogenated alkanes) is 1. The van der Waals surface area contributed by atoms with Crippen LogP contribution < -0.4 is 0 Å². The van der Waals surface area contributed by atoms with Crippen molar-refractivity contribution >= 4 is 45.9 Å². The van der Waals surface area contributed by atoms with Gasteiger partial charge >= 0.3 is 0 Å². The summed E-state index contributed by atoms with van der Waals surface area (Å²) in [4.78, 5) is 11.7. The number of fused-ring (bicyclic) bond motifs is 3. The van der Waals surface area contributed by atoms with Crippen LogP contribution in [0.2, 0.25) is 5.15 Å². The number of imidazole rings is 1. The summed E-state index contributed by atoms with van der Waals surface area (Å²) in [5.74, 6) is 0.814. The Morgan fingerprint density at radius 3 is 2.70 bits per heavy atom. The van der Waals surface area contributed by atoms with Crippen molar-refractivity contribution in [2.24, 2.45) is 5.92 Å². The fraction of sp³-hybridized carbons (Fsp3) is 0.524. The summed E-state index contributed by atoms with van der Waals surface area (Å²) in [6.07, 6.45) is 8.40. The van der Waals surface area contributed by atoms with Crippen molar-refractivity contribution in [1.82, 2.24) is 19.4 Å². The lowest BCUT2D eigenvalue weighted by atomic mass is 9.93. The van der Waals surface area contributed by atoms with E-state index in [1.54, 1.807) is 0 Å². The summed E-state index contributed by atoms with van der Waals surface area (Å²) < 4.78 is 2.27. The van der Waals surface area contributed by atoms with E-state index in [0.717, 1.165) is 34.4 Å². The Morgan fingerprint density at radius 1 is 1.15 bits per heavy atom. The van der Waals surface area contributed by atoms with Gasteiger partial charge in [0.15, 0.2) is 5.15 Å². The molecule has 3 heterocycles. The van der Waals surface area contributed by atoms with E-state index in [1.165, 1.54) is 51.7 Å². The Balaban J connectivity index is 0.00000210. The van der Waals surface area contributed by atoms with Crippen molar-refractivity contribution in [1.29, 1.82) is 0 Å². The molecule has 2 aromatic heterocycles. The standard InChI is InChI=1S/C21H27ClN4.ClH/c1-2-3-11-25-12-8-16(9-13-25)10-14-26-15-23-19-20(26)17-6-4-5-7-18(17)24-21(19)22;/h4-7,15-16H,2-3,8-14H2,1H3;1H. The van der Waals surface area contributed by atoms with Gasteiger partial charge in [0.05, 0.1) is 17.4 Å². The fourth-order valence-corrected chi connectivity index (χ4v) is 4.35. The summed E-state index contributed by atoms with van der Waals surface area (Å²) in [5.41, 5.74) is 2.89. The van der Waals surface area contributed by atoms with Gasteiger partial charge in [0, 0.05) is 11.9 Å². The second-order valence-corrected chi connectivity index (χ2v) is 7.84.